The number of nitrogens with zero attached hydrogens (tertiary/aromatic N) is 1. The second-order valence-corrected chi connectivity index (χ2v) is 5.27. The highest BCUT2D eigenvalue weighted by Crippen LogP contribution is 2.34. The van der Waals surface area contributed by atoms with Crippen molar-refractivity contribution in [2.24, 2.45) is 0 Å². The van der Waals surface area contributed by atoms with Gasteiger partial charge in [-0.2, -0.15) is 0 Å². The molecule has 1 aromatic carbocycles. The van der Waals surface area contributed by atoms with Gasteiger partial charge in [0.25, 0.3) is 11.1 Å². The third-order valence-electron chi connectivity index (χ3n) is 2.94. The van der Waals surface area contributed by atoms with Crippen LogP contribution in [0, 0.1) is 5.82 Å². The summed E-state index contributed by atoms with van der Waals surface area (Å²) in [6.07, 6.45) is 1.30. The predicted molar refractivity (Wildman–Crippen MR) is 75.7 cm³/mol. The molecule has 7 heteroatoms. The fourth-order valence-electron chi connectivity index (χ4n) is 1.82. The first-order chi connectivity index (χ1) is 9.95. The average molecular weight is 309 g/mol. The van der Waals surface area contributed by atoms with Gasteiger partial charge in [0, 0.05) is 5.56 Å². The molecule has 1 saturated heterocycles. The van der Waals surface area contributed by atoms with E-state index in [4.69, 9.17) is 0 Å². The summed E-state index contributed by atoms with van der Waals surface area (Å²) in [7, 11) is 1.17. The Morgan fingerprint density at radius 3 is 2.67 bits per heavy atom. The van der Waals surface area contributed by atoms with Gasteiger partial charge in [0.1, 0.15) is 11.9 Å². The SMILES string of the molecule is COC(=O)[C@H](C)N1C(=O)S/C(=C/c2ccccc2F)C1=O. The van der Waals surface area contributed by atoms with Crippen molar-refractivity contribution >= 4 is 35.0 Å². The van der Waals surface area contributed by atoms with Crippen molar-refractivity contribution in [3.8, 4) is 0 Å². The molecule has 1 aliphatic heterocycles. The molecule has 0 unspecified atom stereocenters. The smallest absolute Gasteiger partial charge is 0.328 e. The fourth-order valence-corrected chi connectivity index (χ4v) is 2.72. The zero-order valence-electron chi connectivity index (χ0n) is 11.3. The van der Waals surface area contributed by atoms with Crippen LogP contribution < -0.4 is 0 Å². The first-order valence-corrected chi connectivity index (χ1v) is 6.86. The molecule has 0 aromatic heterocycles. The second kappa shape index (κ2) is 6.09. The number of hydrogen-bond acceptors (Lipinski definition) is 5. The van der Waals surface area contributed by atoms with Gasteiger partial charge in [-0.15, -0.1) is 0 Å². The number of carbonyl (C=O) groups excluding carboxylic acids is 3. The van der Waals surface area contributed by atoms with Gasteiger partial charge in [-0.25, -0.2) is 9.18 Å². The number of rotatable bonds is 3. The number of esters is 1. The molecule has 110 valence electrons. The highest BCUT2D eigenvalue weighted by molar-refractivity contribution is 8.18. The Hall–Kier alpha value is -2.15. The van der Waals surface area contributed by atoms with Crippen LogP contribution in [0.1, 0.15) is 12.5 Å². The molecule has 0 saturated carbocycles. The number of halogens is 1. The number of carbonyl (C=O) groups is 3. The molecule has 1 aromatic rings. The summed E-state index contributed by atoms with van der Waals surface area (Å²) < 4.78 is 18.1. The van der Waals surface area contributed by atoms with Gasteiger partial charge in [0.05, 0.1) is 12.0 Å². The van der Waals surface area contributed by atoms with E-state index < -0.39 is 29.0 Å². The topological polar surface area (TPSA) is 63.7 Å². The van der Waals surface area contributed by atoms with E-state index in [1.807, 2.05) is 0 Å². The Bertz CT molecular complexity index is 644. The highest BCUT2D eigenvalue weighted by Gasteiger charge is 2.41. The molecule has 5 nitrogen and oxygen atoms in total. The third kappa shape index (κ3) is 2.97. The average Bonchev–Trinajstić information content (AvgIpc) is 2.74. The van der Waals surface area contributed by atoms with Gasteiger partial charge < -0.3 is 4.74 Å². The second-order valence-electron chi connectivity index (χ2n) is 4.27. The molecule has 1 aliphatic rings. The monoisotopic (exact) mass is 309 g/mol. The van der Waals surface area contributed by atoms with Crippen molar-refractivity contribution in [3.05, 3.63) is 40.6 Å². The molecule has 2 amide bonds. The molecule has 0 N–H and O–H groups in total. The lowest BCUT2D eigenvalue weighted by Gasteiger charge is -2.18. The van der Waals surface area contributed by atoms with Gasteiger partial charge in [0.2, 0.25) is 0 Å². The number of hydrogen-bond donors (Lipinski definition) is 0. The van der Waals surface area contributed by atoms with Crippen LogP contribution in [0.5, 0.6) is 0 Å². The maximum absolute atomic E-state index is 13.6. The van der Waals surface area contributed by atoms with Crippen molar-refractivity contribution in [3.63, 3.8) is 0 Å². The van der Waals surface area contributed by atoms with Crippen molar-refractivity contribution in [2.75, 3.05) is 7.11 Å². The van der Waals surface area contributed by atoms with Crippen LogP contribution in [0.2, 0.25) is 0 Å². The van der Waals surface area contributed by atoms with Gasteiger partial charge in [-0.1, -0.05) is 18.2 Å². The summed E-state index contributed by atoms with van der Waals surface area (Å²) in [4.78, 5) is 36.4. The van der Waals surface area contributed by atoms with Crippen LogP contribution in [0.15, 0.2) is 29.2 Å². The van der Waals surface area contributed by atoms with Crippen LogP contribution in [-0.2, 0) is 14.3 Å². The molecular formula is C14H12FNO4S. The van der Waals surface area contributed by atoms with Crippen LogP contribution in [0.4, 0.5) is 9.18 Å². The number of amides is 2. The van der Waals surface area contributed by atoms with Crippen molar-refractivity contribution in [1.82, 2.24) is 4.90 Å². The lowest BCUT2D eigenvalue weighted by molar-refractivity contribution is -0.148. The maximum atomic E-state index is 13.6. The number of thioether (sulfide) groups is 1. The van der Waals surface area contributed by atoms with Crippen molar-refractivity contribution in [2.45, 2.75) is 13.0 Å². The van der Waals surface area contributed by atoms with Crippen LogP contribution in [-0.4, -0.2) is 35.2 Å². The minimum absolute atomic E-state index is 0.0702. The Balaban J connectivity index is 2.30. The normalized spacial score (nSPS) is 18.2. The summed E-state index contributed by atoms with van der Waals surface area (Å²) >= 11 is 0.666. The number of ether oxygens (including phenoxy) is 1. The standard InChI is InChI=1S/C14H12FNO4S/c1-8(13(18)20-2)16-12(17)11(21-14(16)19)7-9-5-3-4-6-10(9)15/h3-8H,1-2H3/b11-7+/t8-/m0/s1. The van der Waals surface area contributed by atoms with E-state index in [0.717, 1.165) is 4.90 Å². The number of imide groups is 1. The first kappa shape index (κ1) is 15.2. The van der Waals surface area contributed by atoms with E-state index in [1.54, 1.807) is 6.07 Å². The summed E-state index contributed by atoms with van der Waals surface area (Å²) in [5, 5.41) is -0.583. The molecule has 0 bridgehead atoms. The minimum Gasteiger partial charge on any atom is -0.467 e. The molecule has 1 fully saturated rings. The molecule has 1 atom stereocenters. The molecule has 1 heterocycles. The van der Waals surface area contributed by atoms with E-state index >= 15 is 0 Å². The molecule has 21 heavy (non-hydrogen) atoms. The fraction of sp³-hybridized carbons (Fsp3) is 0.214. The van der Waals surface area contributed by atoms with E-state index in [9.17, 15) is 18.8 Å². The van der Waals surface area contributed by atoms with Crippen LogP contribution >= 0.6 is 11.8 Å². The Kier molecular flexibility index (Phi) is 4.42. The summed E-state index contributed by atoms with van der Waals surface area (Å²) in [6.45, 7) is 1.40. The summed E-state index contributed by atoms with van der Waals surface area (Å²) in [5.74, 6) is -1.82. The first-order valence-electron chi connectivity index (χ1n) is 6.05. The quantitative estimate of drug-likeness (QED) is 0.634. The molecule has 0 aliphatic carbocycles. The largest absolute Gasteiger partial charge is 0.467 e. The van der Waals surface area contributed by atoms with Crippen molar-refractivity contribution < 1.29 is 23.5 Å². The van der Waals surface area contributed by atoms with Crippen molar-refractivity contribution in [1.29, 1.82) is 0 Å². The number of methoxy groups -OCH3 is 1. The molecular weight excluding hydrogens is 297 g/mol. The van der Waals surface area contributed by atoms with E-state index in [-0.39, 0.29) is 10.5 Å². The van der Waals surface area contributed by atoms with E-state index in [0.29, 0.717) is 11.8 Å². The van der Waals surface area contributed by atoms with Gasteiger partial charge >= 0.3 is 5.97 Å². The lowest BCUT2D eigenvalue weighted by Crippen LogP contribution is -2.42. The van der Waals surface area contributed by atoms with Crippen LogP contribution in [0.3, 0.4) is 0 Å². The summed E-state index contributed by atoms with van der Waals surface area (Å²) in [6, 6.07) is 4.88. The van der Waals surface area contributed by atoms with Gasteiger partial charge in [-0.3, -0.25) is 14.5 Å². The minimum atomic E-state index is -1.02. The molecule has 0 radical (unpaired) electrons. The number of benzene rings is 1. The predicted octanol–water partition coefficient (Wildman–Crippen LogP) is 2.42. The summed E-state index contributed by atoms with van der Waals surface area (Å²) in [5.41, 5.74) is 0.203. The molecule has 2 rings (SSSR count). The Labute approximate surface area is 124 Å². The Morgan fingerprint density at radius 1 is 1.38 bits per heavy atom. The Morgan fingerprint density at radius 2 is 2.05 bits per heavy atom. The maximum Gasteiger partial charge on any atom is 0.328 e. The van der Waals surface area contributed by atoms with Gasteiger partial charge in [-0.05, 0) is 30.8 Å². The van der Waals surface area contributed by atoms with E-state index in [2.05, 4.69) is 4.74 Å². The van der Waals surface area contributed by atoms with Gasteiger partial charge in [0.15, 0.2) is 0 Å². The third-order valence-corrected chi connectivity index (χ3v) is 3.83. The molecule has 0 spiro atoms. The zero-order valence-corrected chi connectivity index (χ0v) is 12.1. The van der Waals surface area contributed by atoms with Crippen LogP contribution in [0.25, 0.3) is 6.08 Å². The highest BCUT2D eigenvalue weighted by atomic mass is 32.2. The van der Waals surface area contributed by atoms with E-state index in [1.165, 1.54) is 38.3 Å². The zero-order chi connectivity index (χ0) is 15.6. The lowest BCUT2D eigenvalue weighted by atomic mass is 10.2.